The Hall–Kier alpha value is -4.25. The number of aromatic nitrogens is 2. The van der Waals surface area contributed by atoms with Crippen LogP contribution in [0.3, 0.4) is 0 Å². The third-order valence-electron chi connectivity index (χ3n) is 5.81. The fourth-order valence-corrected chi connectivity index (χ4v) is 4.17. The van der Waals surface area contributed by atoms with Crippen molar-refractivity contribution in [1.29, 1.82) is 0 Å². The second-order valence-electron chi connectivity index (χ2n) is 7.98. The highest BCUT2D eigenvalue weighted by Gasteiger charge is 2.34. The molecule has 0 spiro atoms. The Morgan fingerprint density at radius 1 is 0.909 bits per heavy atom. The zero-order valence-corrected chi connectivity index (χ0v) is 18.2. The summed E-state index contributed by atoms with van der Waals surface area (Å²) < 4.78 is 0. The van der Waals surface area contributed by atoms with E-state index in [0.717, 1.165) is 16.8 Å². The number of rotatable bonds is 5. The lowest BCUT2D eigenvalue weighted by Crippen LogP contribution is -2.39. The van der Waals surface area contributed by atoms with Crippen LogP contribution in [-0.4, -0.2) is 33.4 Å². The van der Waals surface area contributed by atoms with Gasteiger partial charge in [0.15, 0.2) is 11.6 Å². The van der Waals surface area contributed by atoms with Crippen LogP contribution < -0.4 is 4.90 Å². The van der Waals surface area contributed by atoms with Crippen LogP contribution in [0.2, 0.25) is 0 Å². The van der Waals surface area contributed by atoms with E-state index in [2.05, 4.69) is 16.5 Å². The Morgan fingerprint density at radius 2 is 1.55 bits per heavy atom. The molecule has 0 fully saturated rings. The van der Waals surface area contributed by atoms with Gasteiger partial charge in [0.1, 0.15) is 5.56 Å². The third-order valence-corrected chi connectivity index (χ3v) is 5.81. The largest absolute Gasteiger partial charge is 0.332 e. The molecule has 0 saturated heterocycles. The quantitative estimate of drug-likeness (QED) is 0.391. The van der Waals surface area contributed by atoms with Crippen molar-refractivity contribution in [2.24, 2.45) is 0 Å². The van der Waals surface area contributed by atoms with E-state index in [-0.39, 0.29) is 11.9 Å². The molecule has 1 atom stereocenters. The molecule has 0 bridgehead atoms. The van der Waals surface area contributed by atoms with Gasteiger partial charge in [0.25, 0.3) is 5.91 Å². The summed E-state index contributed by atoms with van der Waals surface area (Å²) in [6.07, 6.45) is 3.55. The van der Waals surface area contributed by atoms with Crippen molar-refractivity contribution in [1.82, 2.24) is 14.9 Å². The maximum atomic E-state index is 13.7. The van der Waals surface area contributed by atoms with Crippen LogP contribution >= 0.6 is 0 Å². The minimum Gasteiger partial charge on any atom is -0.332 e. The first kappa shape index (κ1) is 20.6. The number of anilines is 2. The molecule has 5 nitrogen and oxygen atoms in total. The first-order chi connectivity index (χ1) is 16.2. The van der Waals surface area contributed by atoms with Gasteiger partial charge in [0, 0.05) is 30.5 Å². The summed E-state index contributed by atoms with van der Waals surface area (Å²) in [6, 6.07) is 29.7. The number of hydrogen-bond acceptors (Lipinski definition) is 4. The summed E-state index contributed by atoms with van der Waals surface area (Å²) >= 11 is 0. The van der Waals surface area contributed by atoms with E-state index in [1.54, 1.807) is 6.20 Å². The molecule has 1 aliphatic rings. The van der Waals surface area contributed by atoms with Crippen molar-refractivity contribution in [3.63, 3.8) is 0 Å². The molecule has 1 amide bonds. The lowest BCUT2D eigenvalue weighted by molar-refractivity contribution is 0.0747. The zero-order chi connectivity index (χ0) is 22.6. The third kappa shape index (κ3) is 4.13. The van der Waals surface area contributed by atoms with E-state index in [4.69, 9.17) is 4.98 Å². The minimum atomic E-state index is -0.153. The Balaban J connectivity index is 1.65. The lowest BCUT2D eigenvalue weighted by Gasteiger charge is -2.31. The van der Waals surface area contributed by atoms with E-state index in [9.17, 15) is 4.79 Å². The molecule has 33 heavy (non-hydrogen) atoms. The Kier molecular flexibility index (Phi) is 5.68. The summed E-state index contributed by atoms with van der Waals surface area (Å²) in [5, 5.41) is 0. The molecule has 1 aromatic heterocycles. The summed E-state index contributed by atoms with van der Waals surface area (Å²) in [5.41, 5.74) is 3.42. The van der Waals surface area contributed by atoms with Crippen molar-refractivity contribution in [3.8, 4) is 11.4 Å². The number of carbonyl (C=O) groups excluding carboxylic acids is 1. The van der Waals surface area contributed by atoms with Gasteiger partial charge in [-0.1, -0.05) is 84.9 Å². The average Bonchev–Trinajstić information content (AvgIpc) is 2.99. The van der Waals surface area contributed by atoms with Crippen LogP contribution in [0.1, 0.15) is 15.9 Å². The van der Waals surface area contributed by atoms with Crippen LogP contribution in [0.4, 0.5) is 11.5 Å². The molecule has 0 radical (unpaired) electrons. The standard InChI is InChI=1S/C28H24N4O/c1-2-23-20-31(19-21-12-6-3-7-13-21)28(33)25-18-29-26(22-14-8-4-9-15-22)30-27(25)32(23)24-16-10-5-11-17-24/h2-18,23H,1,19-20H2/t23-/m1/s1. The Morgan fingerprint density at radius 3 is 2.21 bits per heavy atom. The zero-order valence-electron chi connectivity index (χ0n) is 18.2. The molecule has 0 N–H and O–H groups in total. The molecule has 4 aromatic rings. The molecular weight excluding hydrogens is 408 g/mol. The lowest BCUT2D eigenvalue weighted by atomic mass is 10.1. The second-order valence-corrected chi connectivity index (χ2v) is 7.98. The second kappa shape index (κ2) is 9.09. The van der Waals surface area contributed by atoms with Gasteiger partial charge in [-0.05, 0) is 17.7 Å². The van der Waals surface area contributed by atoms with Crippen LogP contribution in [-0.2, 0) is 6.54 Å². The van der Waals surface area contributed by atoms with Crippen molar-refractivity contribution >= 4 is 17.4 Å². The van der Waals surface area contributed by atoms with Crippen LogP contribution in [0.15, 0.2) is 110 Å². The predicted octanol–water partition coefficient (Wildman–Crippen LogP) is 5.49. The normalized spacial score (nSPS) is 15.6. The van der Waals surface area contributed by atoms with Gasteiger partial charge in [0.2, 0.25) is 0 Å². The fourth-order valence-electron chi connectivity index (χ4n) is 4.17. The Labute approximate surface area is 193 Å². The van der Waals surface area contributed by atoms with Gasteiger partial charge >= 0.3 is 0 Å². The number of benzene rings is 3. The molecule has 3 aromatic carbocycles. The van der Waals surface area contributed by atoms with E-state index in [1.807, 2.05) is 102 Å². The molecule has 0 unspecified atom stereocenters. The number of nitrogens with zero attached hydrogens (tertiary/aromatic N) is 4. The summed E-state index contributed by atoms with van der Waals surface area (Å²) in [6.45, 7) is 5.09. The SMILES string of the molecule is C=C[C@@H]1CN(Cc2ccccc2)C(=O)c2cnc(-c3ccccc3)nc2N1c1ccccc1. The molecule has 1 aliphatic heterocycles. The van der Waals surface area contributed by atoms with Gasteiger partial charge < -0.3 is 9.80 Å². The number of amides is 1. The highest BCUT2D eigenvalue weighted by atomic mass is 16.2. The molecular formula is C28H24N4O. The topological polar surface area (TPSA) is 49.3 Å². The van der Waals surface area contributed by atoms with Gasteiger partial charge in [-0.3, -0.25) is 4.79 Å². The van der Waals surface area contributed by atoms with E-state index in [1.165, 1.54) is 0 Å². The molecule has 5 rings (SSSR count). The van der Waals surface area contributed by atoms with Crippen LogP contribution in [0.25, 0.3) is 11.4 Å². The average molecular weight is 433 g/mol. The molecule has 0 saturated carbocycles. The monoisotopic (exact) mass is 432 g/mol. The fraction of sp³-hybridized carbons (Fsp3) is 0.107. The van der Waals surface area contributed by atoms with Gasteiger partial charge in [-0.25, -0.2) is 9.97 Å². The van der Waals surface area contributed by atoms with E-state index < -0.39 is 0 Å². The first-order valence-corrected chi connectivity index (χ1v) is 11.0. The van der Waals surface area contributed by atoms with Gasteiger partial charge in [0.05, 0.1) is 6.04 Å². The molecule has 0 aliphatic carbocycles. The molecule has 5 heteroatoms. The van der Waals surface area contributed by atoms with Gasteiger partial charge in [-0.2, -0.15) is 0 Å². The van der Waals surface area contributed by atoms with Crippen LogP contribution in [0, 0.1) is 0 Å². The number of para-hydroxylation sites is 1. The molecule has 162 valence electrons. The molecule has 2 heterocycles. The van der Waals surface area contributed by atoms with Crippen molar-refractivity contribution in [3.05, 3.63) is 121 Å². The minimum absolute atomic E-state index is 0.0845. The highest BCUT2D eigenvalue weighted by Crippen LogP contribution is 2.34. The maximum absolute atomic E-state index is 13.7. The maximum Gasteiger partial charge on any atom is 0.259 e. The van der Waals surface area contributed by atoms with Crippen molar-refractivity contribution in [2.75, 3.05) is 11.4 Å². The van der Waals surface area contributed by atoms with E-state index in [0.29, 0.717) is 30.3 Å². The van der Waals surface area contributed by atoms with Crippen molar-refractivity contribution in [2.45, 2.75) is 12.6 Å². The van der Waals surface area contributed by atoms with Crippen LogP contribution in [0.5, 0.6) is 0 Å². The van der Waals surface area contributed by atoms with Crippen molar-refractivity contribution < 1.29 is 4.79 Å². The summed E-state index contributed by atoms with van der Waals surface area (Å²) in [7, 11) is 0. The first-order valence-electron chi connectivity index (χ1n) is 11.0. The highest BCUT2D eigenvalue weighted by molar-refractivity contribution is 6.00. The predicted molar refractivity (Wildman–Crippen MR) is 131 cm³/mol. The van der Waals surface area contributed by atoms with Gasteiger partial charge in [-0.15, -0.1) is 6.58 Å². The number of carbonyl (C=O) groups is 1. The smallest absolute Gasteiger partial charge is 0.259 e. The Bertz CT molecular complexity index is 1260. The number of hydrogen-bond donors (Lipinski definition) is 0. The number of fused-ring (bicyclic) bond motifs is 1. The van der Waals surface area contributed by atoms with E-state index >= 15 is 0 Å². The summed E-state index contributed by atoms with van der Waals surface area (Å²) in [5.74, 6) is 1.10. The summed E-state index contributed by atoms with van der Waals surface area (Å²) in [4.78, 5) is 27.1.